The molecule has 1 rings (SSSR count). The second kappa shape index (κ2) is 4.37. The van der Waals surface area contributed by atoms with Crippen molar-refractivity contribution in [2.24, 2.45) is 0 Å². The summed E-state index contributed by atoms with van der Waals surface area (Å²) in [4.78, 5) is 0. The third-order valence-electron chi connectivity index (χ3n) is 1.50. The quantitative estimate of drug-likeness (QED) is 0.681. The van der Waals surface area contributed by atoms with Crippen LogP contribution in [0.3, 0.4) is 0 Å². The number of nitrogens with one attached hydrogen (secondary N) is 1. The molecule has 2 heteroatoms. The molecule has 2 radical (unpaired) electrons. The summed E-state index contributed by atoms with van der Waals surface area (Å²) in [7, 11) is 5.13. The van der Waals surface area contributed by atoms with E-state index in [1.54, 1.807) is 0 Å². The first-order valence-electron chi connectivity index (χ1n) is 3.51. The molecule has 0 spiro atoms. The Kier molecular flexibility index (Phi) is 3.40. The normalized spacial score (nSPS) is 10.0. The van der Waals surface area contributed by atoms with Gasteiger partial charge in [-0.1, -0.05) is 29.8 Å². The van der Waals surface area contributed by atoms with Crippen LogP contribution in [-0.2, 0) is 6.42 Å². The van der Waals surface area contributed by atoms with E-state index in [4.69, 9.17) is 18.6 Å². The van der Waals surface area contributed by atoms with Gasteiger partial charge in [0, 0.05) is 12.1 Å². The molecular formula is C9H10ClN. The molecule has 1 N–H and O–H groups in total. The molecule has 0 amide bonds. The maximum atomic E-state index is 5.89. The molecular weight excluding hydrogens is 158 g/mol. The summed E-state index contributed by atoms with van der Waals surface area (Å²) < 4.78 is 0. The van der Waals surface area contributed by atoms with Crippen molar-refractivity contribution >= 4 is 11.6 Å². The van der Waals surface area contributed by atoms with Crippen LogP contribution in [-0.4, -0.2) is 6.54 Å². The topological polar surface area (TPSA) is 12.0 Å². The standard InChI is InChI=1S/C9H10ClN/c1-11-7-6-8-4-2-3-5-9(8)10/h1-5,11H,6-7H2. The van der Waals surface area contributed by atoms with Gasteiger partial charge in [0.15, 0.2) is 0 Å². The molecule has 0 aliphatic carbocycles. The highest BCUT2D eigenvalue weighted by molar-refractivity contribution is 6.31. The van der Waals surface area contributed by atoms with Crippen LogP contribution in [0.4, 0.5) is 0 Å². The molecule has 0 unspecified atom stereocenters. The molecule has 58 valence electrons. The minimum absolute atomic E-state index is 0.754. The fourth-order valence-electron chi connectivity index (χ4n) is 0.908. The highest BCUT2D eigenvalue weighted by atomic mass is 35.5. The summed E-state index contributed by atoms with van der Waals surface area (Å²) in [6.07, 6.45) is 0.871. The predicted octanol–water partition coefficient (Wildman–Crippen LogP) is 2.14. The van der Waals surface area contributed by atoms with Gasteiger partial charge in [-0.3, -0.25) is 0 Å². The molecule has 0 aliphatic heterocycles. The van der Waals surface area contributed by atoms with Crippen LogP contribution in [0.5, 0.6) is 0 Å². The van der Waals surface area contributed by atoms with Crippen LogP contribution in [0.2, 0.25) is 5.02 Å². The lowest BCUT2D eigenvalue weighted by molar-refractivity contribution is 0.829. The molecule has 0 saturated carbocycles. The maximum absolute atomic E-state index is 5.89. The Bertz CT molecular complexity index is 223. The largest absolute Gasteiger partial charge is 0.311 e. The van der Waals surface area contributed by atoms with E-state index in [-0.39, 0.29) is 0 Å². The Hall–Kier alpha value is -0.530. The molecule has 11 heavy (non-hydrogen) atoms. The molecule has 0 fully saturated rings. The van der Waals surface area contributed by atoms with Crippen LogP contribution in [0.25, 0.3) is 0 Å². The van der Waals surface area contributed by atoms with Crippen molar-refractivity contribution in [2.75, 3.05) is 6.54 Å². The molecule has 1 aromatic rings. The van der Waals surface area contributed by atoms with E-state index in [9.17, 15) is 0 Å². The molecule has 0 aromatic heterocycles. The third kappa shape index (κ3) is 2.52. The lowest BCUT2D eigenvalue weighted by Gasteiger charge is -2.01. The number of rotatable bonds is 3. The minimum atomic E-state index is 0.754. The van der Waals surface area contributed by atoms with Gasteiger partial charge >= 0.3 is 0 Å². The van der Waals surface area contributed by atoms with Gasteiger partial charge in [-0.05, 0) is 24.6 Å². The first-order valence-corrected chi connectivity index (χ1v) is 3.89. The minimum Gasteiger partial charge on any atom is -0.311 e. The first-order chi connectivity index (χ1) is 5.34. The summed E-state index contributed by atoms with van der Waals surface area (Å²) >= 11 is 5.89. The summed E-state index contributed by atoms with van der Waals surface area (Å²) in [5.74, 6) is 0. The number of halogens is 1. The molecule has 1 nitrogen and oxygen atoms in total. The van der Waals surface area contributed by atoms with Gasteiger partial charge in [-0.25, -0.2) is 0 Å². The van der Waals surface area contributed by atoms with Gasteiger partial charge in [0.1, 0.15) is 0 Å². The Morgan fingerprint density at radius 3 is 2.73 bits per heavy atom. The second-order valence-electron chi connectivity index (χ2n) is 2.30. The van der Waals surface area contributed by atoms with Crippen LogP contribution in [0.15, 0.2) is 24.3 Å². The zero-order valence-corrected chi connectivity index (χ0v) is 6.93. The van der Waals surface area contributed by atoms with Gasteiger partial charge in [0.25, 0.3) is 0 Å². The highest BCUT2D eigenvalue weighted by Crippen LogP contribution is 2.14. The van der Waals surface area contributed by atoms with Crippen molar-refractivity contribution in [2.45, 2.75) is 6.42 Å². The van der Waals surface area contributed by atoms with Crippen molar-refractivity contribution < 1.29 is 0 Å². The predicted molar refractivity (Wildman–Crippen MR) is 47.5 cm³/mol. The smallest absolute Gasteiger partial charge is 0.0438 e. The van der Waals surface area contributed by atoms with E-state index in [1.807, 2.05) is 24.3 Å². The maximum Gasteiger partial charge on any atom is 0.0438 e. The molecule has 0 saturated heterocycles. The Morgan fingerprint density at radius 2 is 2.09 bits per heavy atom. The van der Waals surface area contributed by atoms with Gasteiger partial charge < -0.3 is 5.32 Å². The molecule has 0 heterocycles. The zero-order chi connectivity index (χ0) is 8.10. The van der Waals surface area contributed by atoms with Crippen LogP contribution >= 0.6 is 11.6 Å². The fourth-order valence-corrected chi connectivity index (χ4v) is 1.14. The SMILES string of the molecule is [CH]NCCc1ccccc1Cl. The number of benzene rings is 1. The van der Waals surface area contributed by atoms with E-state index >= 15 is 0 Å². The van der Waals surface area contributed by atoms with Crippen molar-refractivity contribution in [3.05, 3.63) is 41.9 Å². The summed E-state index contributed by atoms with van der Waals surface area (Å²) in [6.45, 7) is 0.754. The number of hydrogen-bond acceptors (Lipinski definition) is 1. The van der Waals surface area contributed by atoms with Crippen molar-refractivity contribution in [1.29, 1.82) is 0 Å². The first kappa shape index (κ1) is 8.57. The van der Waals surface area contributed by atoms with Gasteiger partial charge in [0.05, 0.1) is 0 Å². The molecule has 1 aromatic carbocycles. The summed E-state index contributed by atoms with van der Waals surface area (Å²) in [5, 5.41) is 3.39. The van der Waals surface area contributed by atoms with Gasteiger partial charge in [0.2, 0.25) is 0 Å². The molecule has 0 bridgehead atoms. The average Bonchev–Trinajstić information content (AvgIpc) is 2.03. The summed E-state index contributed by atoms with van der Waals surface area (Å²) in [6, 6.07) is 7.77. The highest BCUT2D eigenvalue weighted by Gasteiger charge is 1.95. The second-order valence-corrected chi connectivity index (χ2v) is 2.70. The van der Waals surface area contributed by atoms with E-state index in [1.165, 1.54) is 0 Å². The lowest BCUT2D eigenvalue weighted by Crippen LogP contribution is -2.07. The van der Waals surface area contributed by atoms with E-state index < -0.39 is 0 Å². The average molecular weight is 168 g/mol. The van der Waals surface area contributed by atoms with Crippen molar-refractivity contribution in [3.8, 4) is 0 Å². The van der Waals surface area contributed by atoms with Crippen molar-refractivity contribution in [3.63, 3.8) is 0 Å². The zero-order valence-electron chi connectivity index (χ0n) is 6.18. The van der Waals surface area contributed by atoms with Crippen LogP contribution in [0, 0.1) is 7.05 Å². The van der Waals surface area contributed by atoms with E-state index in [2.05, 4.69) is 5.32 Å². The summed E-state index contributed by atoms with van der Waals surface area (Å²) in [5.41, 5.74) is 1.13. The third-order valence-corrected chi connectivity index (χ3v) is 1.87. The van der Waals surface area contributed by atoms with Crippen molar-refractivity contribution in [1.82, 2.24) is 5.32 Å². The molecule has 0 aliphatic rings. The molecule has 0 atom stereocenters. The van der Waals surface area contributed by atoms with E-state index in [0.29, 0.717) is 0 Å². The van der Waals surface area contributed by atoms with Crippen LogP contribution < -0.4 is 5.32 Å². The lowest BCUT2D eigenvalue weighted by atomic mass is 10.1. The Morgan fingerprint density at radius 1 is 1.36 bits per heavy atom. The Labute approximate surface area is 72.4 Å². The monoisotopic (exact) mass is 167 g/mol. The number of hydrogen-bond donors (Lipinski definition) is 1. The van der Waals surface area contributed by atoms with Crippen LogP contribution in [0.1, 0.15) is 5.56 Å². The van der Waals surface area contributed by atoms with Gasteiger partial charge in [-0.15, -0.1) is 0 Å². The van der Waals surface area contributed by atoms with E-state index in [0.717, 1.165) is 23.6 Å². The van der Waals surface area contributed by atoms with Gasteiger partial charge in [-0.2, -0.15) is 0 Å². The fraction of sp³-hybridized carbons (Fsp3) is 0.222. The Balaban J connectivity index is 2.62.